The average Bonchev–Trinajstić information content (AvgIpc) is 2.72. The lowest BCUT2D eigenvalue weighted by Crippen LogP contribution is -2.18. The van der Waals surface area contributed by atoms with Gasteiger partial charge in [-0.3, -0.25) is 9.52 Å². The summed E-state index contributed by atoms with van der Waals surface area (Å²) in [6.07, 6.45) is 0.782. The van der Waals surface area contributed by atoms with Crippen LogP contribution in [0.4, 0.5) is 11.4 Å². The highest BCUT2D eigenvalue weighted by Crippen LogP contribution is 2.25. The number of hydrogen-bond acceptors (Lipinski definition) is 3. The van der Waals surface area contributed by atoms with Crippen LogP contribution >= 0.6 is 0 Å². The summed E-state index contributed by atoms with van der Waals surface area (Å²) >= 11 is 0. The lowest BCUT2D eigenvalue weighted by atomic mass is 10.1. The van der Waals surface area contributed by atoms with Gasteiger partial charge in [0, 0.05) is 11.3 Å². The molecule has 2 N–H and O–H groups in total. The second-order valence-corrected chi connectivity index (χ2v) is 9.47. The molecule has 0 heterocycles. The quantitative estimate of drug-likeness (QED) is 0.533. The molecule has 0 unspecified atom stereocenters. The Balaban J connectivity index is 1.94. The average molecular weight is 437 g/mol. The summed E-state index contributed by atoms with van der Waals surface area (Å²) in [5, 5.41) is 2.96. The van der Waals surface area contributed by atoms with Crippen LogP contribution in [0.25, 0.3) is 0 Å². The Morgan fingerprint density at radius 1 is 0.871 bits per heavy atom. The van der Waals surface area contributed by atoms with Crippen molar-refractivity contribution in [2.45, 2.75) is 45.9 Å². The maximum Gasteiger partial charge on any atom is 0.262 e. The first-order valence-electron chi connectivity index (χ1n) is 10.2. The fourth-order valence-corrected chi connectivity index (χ4v) is 4.86. The highest BCUT2D eigenvalue weighted by molar-refractivity contribution is 7.92. The van der Waals surface area contributed by atoms with Gasteiger partial charge in [0.25, 0.3) is 15.9 Å². The van der Waals surface area contributed by atoms with Gasteiger partial charge in [0.15, 0.2) is 0 Å². The third-order valence-corrected chi connectivity index (χ3v) is 6.86. The van der Waals surface area contributed by atoms with Crippen molar-refractivity contribution in [2.24, 2.45) is 0 Å². The maximum atomic E-state index is 13.1. The topological polar surface area (TPSA) is 75.3 Å². The molecule has 31 heavy (non-hydrogen) atoms. The molecule has 3 aromatic rings. The number of sulfonamides is 1. The number of rotatable bonds is 6. The number of hydrogen-bond donors (Lipinski definition) is 2. The lowest BCUT2D eigenvalue weighted by molar-refractivity contribution is 0.102. The molecule has 0 radical (unpaired) electrons. The fourth-order valence-electron chi connectivity index (χ4n) is 3.46. The Kier molecular flexibility index (Phi) is 6.51. The zero-order valence-corrected chi connectivity index (χ0v) is 19.4. The summed E-state index contributed by atoms with van der Waals surface area (Å²) < 4.78 is 28.9. The Hall–Kier alpha value is -3.12. The third kappa shape index (κ3) is 4.97. The van der Waals surface area contributed by atoms with Gasteiger partial charge in [-0.05, 0) is 80.1 Å². The van der Waals surface area contributed by atoms with Gasteiger partial charge in [0.2, 0.25) is 0 Å². The Morgan fingerprint density at radius 2 is 1.58 bits per heavy atom. The first-order chi connectivity index (χ1) is 14.6. The van der Waals surface area contributed by atoms with Crippen molar-refractivity contribution in [1.82, 2.24) is 0 Å². The molecule has 0 saturated heterocycles. The van der Waals surface area contributed by atoms with Crippen LogP contribution in [0.5, 0.6) is 0 Å². The zero-order valence-electron chi connectivity index (χ0n) is 18.5. The molecule has 162 valence electrons. The summed E-state index contributed by atoms with van der Waals surface area (Å²) in [5.74, 6) is -0.341. The molecule has 0 spiro atoms. The highest BCUT2D eigenvalue weighted by Gasteiger charge is 2.21. The number of para-hydroxylation sites is 1. The maximum absolute atomic E-state index is 13.1. The molecular weight excluding hydrogens is 408 g/mol. The first-order valence-corrected chi connectivity index (χ1v) is 11.7. The monoisotopic (exact) mass is 436 g/mol. The van der Waals surface area contributed by atoms with Crippen molar-refractivity contribution in [3.63, 3.8) is 0 Å². The highest BCUT2D eigenvalue weighted by atomic mass is 32.2. The number of benzene rings is 3. The van der Waals surface area contributed by atoms with E-state index >= 15 is 0 Å². The van der Waals surface area contributed by atoms with Crippen molar-refractivity contribution in [2.75, 3.05) is 10.0 Å². The van der Waals surface area contributed by atoms with E-state index in [-0.39, 0.29) is 16.4 Å². The van der Waals surface area contributed by atoms with E-state index in [0.29, 0.717) is 11.3 Å². The number of anilines is 2. The van der Waals surface area contributed by atoms with E-state index in [0.717, 1.165) is 34.4 Å². The molecular formula is C25H28N2O3S. The fraction of sp³-hybridized carbons (Fsp3) is 0.240. The first kappa shape index (κ1) is 22.6. The molecule has 5 nitrogen and oxygen atoms in total. The number of amides is 1. The molecule has 0 aliphatic heterocycles. The molecule has 0 aliphatic rings. The van der Waals surface area contributed by atoms with Crippen molar-refractivity contribution >= 4 is 27.3 Å². The van der Waals surface area contributed by atoms with Crippen molar-refractivity contribution in [3.8, 4) is 0 Å². The van der Waals surface area contributed by atoms with Gasteiger partial charge in [-0.1, -0.05) is 43.3 Å². The van der Waals surface area contributed by atoms with Crippen LogP contribution < -0.4 is 10.0 Å². The Bertz CT molecular complexity index is 1250. The van der Waals surface area contributed by atoms with Crippen LogP contribution in [0, 0.1) is 27.7 Å². The van der Waals surface area contributed by atoms with Crippen LogP contribution in [-0.4, -0.2) is 14.3 Å². The van der Waals surface area contributed by atoms with Gasteiger partial charge < -0.3 is 5.32 Å². The van der Waals surface area contributed by atoms with Gasteiger partial charge in [-0.25, -0.2) is 8.42 Å². The van der Waals surface area contributed by atoms with E-state index in [4.69, 9.17) is 0 Å². The van der Waals surface area contributed by atoms with Gasteiger partial charge >= 0.3 is 0 Å². The van der Waals surface area contributed by atoms with Crippen molar-refractivity contribution in [3.05, 3.63) is 88.0 Å². The molecule has 0 fully saturated rings. The minimum absolute atomic E-state index is 0.0848. The molecule has 3 rings (SSSR count). The smallest absolute Gasteiger partial charge is 0.262 e. The van der Waals surface area contributed by atoms with Gasteiger partial charge in [0.05, 0.1) is 10.6 Å². The molecule has 3 aromatic carbocycles. The number of aryl methyl sites for hydroxylation is 5. The third-order valence-electron chi connectivity index (χ3n) is 5.36. The predicted molar refractivity (Wildman–Crippen MR) is 126 cm³/mol. The van der Waals surface area contributed by atoms with Gasteiger partial charge in [-0.2, -0.15) is 0 Å². The summed E-state index contributed by atoms with van der Waals surface area (Å²) in [7, 11) is -3.86. The Labute approximate surface area is 184 Å². The normalized spacial score (nSPS) is 11.3. The zero-order chi connectivity index (χ0) is 22.8. The summed E-state index contributed by atoms with van der Waals surface area (Å²) in [6, 6.07) is 16.2. The van der Waals surface area contributed by atoms with Gasteiger partial charge in [-0.15, -0.1) is 0 Å². The second-order valence-electron chi connectivity index (χ2n) is 7.82. The summed E-state index contributed by atoms with van der Waals surface area (Å²) in [5.41, 5.74) is 5.94. The van der Waals surface area contributed by atoms with E-state index in [1.807, 2.05) is 58.0 Å². The minimum Gasteiger partial charge on any atom is -0.321 e. The number of carbonyl (C=O) groups excluding carboxylic acids is 1. The van der Waals surface area contributed by atoms with Crippen molar-refractivity contribution in [1.29, 1.82) is 0 Å². The number of nitrogens with one attached hydrogen (secondary N) is 2. The lowest BCUT2D eigenvalue weighted by Gasteiger charge is -2.15. The van der Waals surface area contributed by atoms with Gasteiger partial charge in [0.1, 0.15) is 0 Å². The SMILES string of the molecule is CCc1cccc(C)c1NC(=O)c1ccc(C)c(S(=O)(=O)Nc2cc(C)ccc2C)c1. The van der Waals surface area contributed by atoms with Crippen LogP contribution in [0.2, 0.25) is 0 Å². The largest absolute Gasteiger partial charge is 0.321 e. The second kappa shape index (κ2) is 8.94. The van der Waals surface area contributed by atoms with E-state index in [1.54, 1.807) is 25.1 Å². The van der Waals surface area contributed by atoms with E-state index < -0.39 is 10.0 Å². The molecule has 0 bridgehead atoms. The molecule has 0 aromatic heterocycles. The van der Waals surface area contributed by atoms with E-state index in [2.05, 4.69) is 10.0 Å². The minimum atomic E-state index is -3.86. The molecule has 0 saturated carbocycles. The molecule has 1 amide bonds. The summed E-state index contributed by atoms with van der Waals surface area (Å²) in [4.78, 5) is 13.0. The number of carbonyl (C=O) groups is 1. The standard InChI is InChI=1S/C25H28N2O3S/c1-6-20-9-7-8-19(5)24(20)26-25(28)21-13-12-18(4)23(15-21)31(29,30)27-22-14-16(2)10-11-17(22)3/h7-15,27H,6H2,1-5H3,(H,26,28). The van der Waals surface area contributed by atoms with Crippen LogP contribution in [0.15, 0.2) is 59.5 Å². The molecule has 0 atom stereocenters. The van der Waals surface area contributed by atoms with Crippen LogP contribution in [0.3, 0.4) is 0 Å². The van der Waals surface area contributed by atoms with E-state index in [9.17, 15) is 13.2 Å². The van der Waals surface area contributed by atoms with Crippen molar-refractivity contribution < 1.29 is 13.2 Å². The molecule has 0 aliphatic carbocycles. The van der Waals surface area contributed by atoms with Crippen LogP contribution in [-0.2, 0) is 16.4 Å². The summed E-state index contributed by atoms with van der Waals surface area (Å²) in [6.45, 7) is 9.44. The van der Waals surface area contributed by atoms with E-state index in [1.165, 1.54) is 6.07 Å². The molecule has 6 heteroatoms. The van der Waals surface area contributed by atoms with Crippen LogP contribution in [0.1, 0.15) is 45.1 Å². The predicted octanol–water partition coefficient (Wildman–Crippen LogP) is 5.54. The Morgan fingerprint density at radius 3 is 2.29 bits per heavy atom.